The number of nitrogens with zero attached hydrogens (tertiary/aromatic N) is 4. The number of fused-ring (bicyclic) bond motifs is 6. The molecule has 3 N–H and O–H groups in total. The van der Waals surface area contributed by atoms with Crippen molar-refractivity contribution in [2.75, 3.05) is 20.2 Å². The molecule has 8 rings (SSSR count). The number of benzene rings is 3. The van der Waals surface area contributed by atoms with E-state index in [1.165, 1.54) is 7.11 Å². The third-order valence-electron chi connectivity index (χ3n) is 11.0. The van der Waals surface area contributed by atoms with Gasteiger partial charge in [-0.1, -0.05) is 39.0 Å². The van der Waals surface area contributed by atoms with Gasteiger partial charge >= 0.3 is 12.2 Å². The van der Waals surface area contributed by atoms with Crippen LogP contribution in [0.25, 0.3) is 44.2 Å². The molecule has 288 valence electrons. The van der Waals surface area contributed by atoms with Crippen molar-refractivity contribution in [1.82, 2.24) is 35.1 Å². The molecule has 55 heavy (non-hydrogen) atoms. The highest BCUT2D eigenvalue weighted by atomic mass is 16.6. The molecule has 2 aromatic heterocycles. The van der Waals surface area contributed by atoms with E-state index in [0.29, 0.717) is 19.7 Å². The van der Waals surface area contributed by atoms with Crippen molar-refractivity contribution >= 4 is 39.9 Å². The standard InChI is InChI=1S/C42H49N7O6/c1-22(2)35(47-40(51)53-7)39(50)49-20-23(3)15-33(49)38-44-30-13-11-24-17-29-27-12-10-25(16-26(27)21-54-34(29)18-28(24)36(30)46-38)31-19-43-37(45-31)32-9-8-14-48(32)41(52)55-42(4,5)6/h10-13,16-19,22-23,32-33,35H,8-9,14-15,20-21H2,1-7H3,(H,43,45)(H,44,46)(H,47,51)/t23-,32-,33-,35?/m0/s1. The molecular formula is C42H49N7O6. The van der Waals surface area contributed by atoms with Crippen LogP contribution in [0.5, 0.6) is 5.75 Å². The van der Waals surface area contributed by atoms with Gasteiger partial charge < -0.3 is 34.4 Å². The van der Waals surface area contributed by atoms with Gasteiger partial charge in [-0.25, -0.2) is 19.6 Å². The van der Waals surface area contributed by atoms with Gasteiger partial charge in [0.15, 0.2) is 0 Å². The zero-order valence-electron chi connectivity index (χ0n) is 32.5. The summed E-state index contributed by atoms with van der Waals surface area (Å²) in [6.45, 7) is 13.2. The second kappa shape index (κ2) is 13.9. The zero-order chi connectivity index (χ0) is 38.8. The number of aromatic amines is 2. The van der Waals surface area contributed by atoms with Crippen LogP contribution in [0.3, 0.4) is 0 Å². The maximum Gasteiger partial charge on any atom is 0.410 e. The minimum Gasteiger partial charge on any atom is -0.488 e. The van der Waals surface area contributed by atoms with E-state index in [1.807, 2.05) is 51.8 Å². The number of rotatable bonds is 6. The Bertz CT molecular complexity index is 2300. The van der Waals surface area contributed by atoms with Gasteiger partial charge in [0.1, 0.15) is 35.6 Å². The summed E-state index contributed by atoms with van der Waals surface area (Å²) in [6, 6.07) is 13.6. The largest absolute Gasteiger partial charge is 0.488 e. The molecule has 1 unspecified atom stereocenters. The Balaban J connectivity index is 1.06. The van der Waals surface area contributed by atoms with Crippen molar-refractivity contribution in [3.63, 3.8) is 0 Å². The molecule has 0 saturated carbocycles. The van der Waals surface area contributed by atoms with E-state index in [4.69, 9.17) is 24.2 Å². The number of hydrogen-bond acceptors (Lipinski definition) is 8. The first kappa shape index (κ1) is 36.4. The summed E-state index contributed by atoms with van der Waals surface area (Å²) in [7, 11) is 1.30. The average Bonchev–Trinajstić information content (AvgIpc) is 3.97. The lowest BCUT2D eigenvalue weighted by Gasteiger charge is -2.30. The topological polar surface area (TPSA) is 155 Å². The van der Waals surface area contributed by atoms with E-state index >= 15 is 0 Å². The van der Waals surface area contributed by atoms with E-state index in [1.54, 1.807) is 4.90 Å². The summed E-state index contributed by atoms with van der Waals surface area (Å²) >= 11 is 0. The van der Waals surface area contributed by atoms with E-state index in [-0.39, 0.29) is 35.9 Å². The number of hydrogen-bond donors (Lipinski definition) is 3. The summed E-state index contributed by atoms with van der Waals surface area (Å²) in [5.41, 5.74) is 6.21. The van der Waals surface area contributed by atoms with Crippen LogP contribution >= 0.6 is 0 Å². The second-order valence-electron chi connectivity index (χ2n) is 16.5. The Morgan fingerprint density at radius 2 is 1.82 bits per heavy atom. The third-order valence-corrected chi connectivity index (χ3v) is 11.0. The van der Waals surface area contributed by atoms with Crippen LogP contribution in [-0.2, 0) is 20.9 Å². The average molecular weight is 748 g/mol. The number of likely N-dealkylation sites (tertiary alicyclic amines) is 2. The molecule has 13 heteroatoms. The Kier molecular flexibility index (Phi) is 9.21. The van der Waals surface area contributed by atoms with Crippen LogP contribution in [0.4, 0.5) is 9.59 Å². The highest BCUT2D eigenvalue weighted by Crippen LogP contribution is 2.44. The quantitative estimate of drug-likeness (QED) is 0.158. The molecule has 0 bridgehead atoms. The number of amides is 3. The number of imidazole rings is 2. The molecule has 2 fully saturated rings. The van der Waals surface area contributed by atoms with Gasteiger partial charge in [0, 0.05) is 24.0 Å². The first-order valence-corrected chi connectivity index (χ1v) is 19.2. The normalized spacial score (nSPS) is 20.0. The number of nitrogens with one attached hydrogen (secondary N) is 3. The lowest BCUT2D eigenvalue weighted by Crippen LogP contribution is -2.51. The lowest BCUT2D eigenvalue weighted by atomic mass is 9.92. The number of ether oxygens (including phenoxy) is 3. The van der Waals surface area contributed by atoms with E-state index in [9.17, 15) is 14.4 Å². The maximum atomic E-state index is 13.9. The van der Waals surface area contributed by atoms with Crippen molar-refractivity contribution in [3.05, 3.63) is 65.9 Å². The maximum absolute atomic E-state index is 13.9. The van der Waals surface area contributed by atoms with Gasteiger partial charge in [-0.15, -0.1) is 0 Å². The molecule has 5 aromatic rings. The van der Waals surface area contributed by atoms with E-state index in [0.717, 1.165) is 86.4 Å². The van der Waals surface area contributed by atoms with Gasteiger partial charge in [-0.05, 0) is 98.2 Å². The van der Waals surface area contributed by atoms with Crippen LogP contribution in [0, 0.1) is 11.8 Å². The van der Waals surface area contributed by atoms with Gasteiger partial charge in [-0.3, -0.25) is 9.69 Å². The van der Waals surface area contributed by atoms with Crippen molar-refractivity contribution in [3.8, 4) is 28.1 Å². The molecule has 5 heterocycles. The second-order valence-corrected chi connectivity index (χ2v) is 16.5. The molecule has 4 atom stereocenters. The Labute approximate surface area is 320 Å². The van der Waals surface area contributed by atoms with Gasteiger partial charge in [0.2, 0.25) is 5.91 Å². The summed E-state index contributed by atoms with van der Waals surface area (Å²) in [6.07, 6.45) is 3.38. The minimum absolute atomic E-state index is 0.121. The molecule has 3 aliphatic heterocycles. The monoisotopic (exact) mass is 747 g/mol. The number of alkyl carbamates (subject to hydrolysis) is 1. The number of carbonyl (C=O) groups excluding carboxylic acids is 3. The number of H-pyrrole nitrogens is 2. The molecule has 0 radical (unpaired) electrons. The fourth-order valence-electron chi connectivity index (χ4n) is 8.30. The summed E-state index contributed by atoms with van der Waals surface area (Å²) in [4.78, 5) is 59.3. The van der Waals surface area contributed by atoms with E-state index < -0.39 is 17.7 Å². The molecule has 0 aliphatic carbocycles. The van der Waals surface area contributed by atoms with E-state index in [2.05, 4.69) is 58.6 Å². The highest BCUT2D eigenvalue weighted by Gasteiger charge is 2.40. The van der Waals surface area contributed by atoms with Crippen LogP contribution in [0.15, 0.2) is 48.7 Å². The Morgan fingerprint density at radius 1 is 1.00 bits per heavy atom. The lowest BCUT2D eigenvalue weighted by molar-refractivity contribution is -0.135. The summed E-state index contributed by atoms with van der Waals surface area (Å²) in [5, 5.41) is 4.73. The summed E-state index contributed by atoms with van der Waals surface area (Å²) in [5.74, 6) is 2.28. The number of carbonyl (C=O) groups is 3. The first-order chi connectivity index (χ1) is 26.3. The predicted octanol–water partition coefficient (Wildman–Crippen LogP) is 8.03. The smallest absolute Gasteiger partial charge is 0.410 e. The number of methoxy groups -OCH3 is 1. The Hall–Kier alpha value is -5.59. The fourth-order valence-corrected chi connectivity index (χ4v) is 8.30. The fraction of sp³-hybridized carbons (Fsp3) is 0.452. The van der Waals surface area contributed by atoms with Crippen LogP contribution < -0.4 is 10.1 Å². The van der Waals surface area contributed by atoms with Gasteiger partial charge in [0.05, 0.1) is 42.1 Å². The van der Waals surface area contributed by atoms with Gasteiger partial charge in [-0.2, -0.15) is 0 Å². The molecule has 3 aromatic carbocycles. The Morgan fingerprint density at radius 3 is 2.58 bits per heavy atom. The highest BCUT2D eigenvalue weighted by molar-refractivity contribution is 6.07. The molecule has 3 amide bonds. The zero-order valence-corrected chi connectivity index (χ0v) is 32.5. The van der Waals surface area contributed by atoms with Crippen molar-refractivity contribution in [2.45, 2.75) is 91.1 Å². The van der Waals surface area contributed by atoms with Crippen LogP contribution in [0.1, 0.15) is 90.1 Å². The van der Waals surface area contributed by atoms with Gasteiger partial charge in [0.25, 0.3) is 0 Å². The van der Waals surface area contributed by atoms with Crippen LogP contribution in [0.2, 0.25) is 0 Å². The van der Waals surface area contributed by atoms with Crippen molar-refractivity contribution in [1.29, 1.82) is 0 Å². The molecular weight excluding hydrogens is 699 g/mol. The molecule has 2 saturated heterocycles. The summed E-state index contributed by atoms with van der Waals surface area (Å²) < 4.78 is 16.9. The molecule has 13 nitrogen and oxygen atoms in total. The van der Waals surface area contributed by atoms with Crippen molar-refractivity contribution in [2.24, 2.45) is 11.8 Å². The molecule has 0 spiro atoms. The number of aromatic nitrogens is 4. The minimum atomic E-state index is -0.709. The third kappa shape index (κ3) is 6.85. The molecule has 3 aliphatic rings. The first-order valence-electron chi connectivity index (χ1n) is 19.2. The van der Waals surface area contributed by atoms with Crippen LogP contribution in [-0.4, -0.2) is 79.7 Å². The predicted molar refractivity (Wildman–Crippen MR) is 208 cm³/mol. The van der Waals surface area contributed by atoms with Crippen molar-refractivity contribution < 1.29 is 28.6 Å². The SMILES string of the molecule is COC(=O)NC(C(=O)N1C[C@@H](C)C[C@H]1c1nc2c(ccc3cc4c(cc32)OCc2cc(-c3cnc([C@@H]5CCCN5C(=O)OC(C)(C)C)[nH]3)ccc2-4)[nH]1)C(C)C.